The summed E-state index contributed by atoms with van der Waals surface area (Å²) in [5.74, 6) is -2.12. The maximum absolute atomic E-state index is 12.6. The van der Waals surface area contributed by atoms with E-state index in [9.17, 15) is 9.59 Å². The summed E-state index contributed by atoms with van der Waals surface area (Å²) in [6.07, 6.45) is 1.76. The van der Waals surface area contributed by atoms with Gasteiger partial charge >= 0.3 is 12.1 Å². The quantitative estimate of drug-likeness (QED) is 0.573. The number of benzene rings is 1. The maximum Gasteiger partial charge on any atom is 0.511 e. The van der Waals surface area contributed by atoms with E-state index in [4.69, 9.17) is 14.2 Å². The van der Waals surface area contributed by atoms with Crippen LogP contribution in [0.5, 0.6) is 0 Å². The van der Waals surface area contributed by atoms with Crippen LogP contribution in [0.4, 0.5) is 4.79 Å². The van der Waals surface area contributed by atoms with Crippen molar-refractivity contribution in [1.82, 2.24) is 9.55 Å². The lowest BCUT2D eigenvalue weighted by molar-refractivity contribution is -0.158. The first-order valence-corrected chi connectivity index (χ1v) is 8.39. The molecule has 0 spiro atoms. The molecule has 26 heavy (non-hydrogen) atoms. The zero-order valence-corrected chi connectivity index (χ0v) is 15.6. The van der Waals surface area contributed by atoms with Gasteiger partial charge in [0.1, 0.15) is 5.69 Å². The fraction of sp³-hybridized carbons (Fsp3) is 0.421. The van der Waals surface area contributed by atoms with Crippen LogP contribution >= 0.6 is 0 Å². The Hall–Kier alpha value is -2.83. The summed E-state index contributed by atoms with van der Waals surface area (Å²) in [4.78, 5) is 28.3. The van der Waals surface area contributed by atoms with E-state index in [1.54, 1.807) is 24.7 Å². The predicted molar refractivity (Wildman–Crippen MR) is 94.7 cm³/mol. The number of esters is 1. The molecule has 7 nitrogen and oxygen atoms in total. The summed E-state index contributed by atoms with van der Waals surface area (Å²) in [6, 6.07) is 9.60. The standard InChI is InChI=1S/C19H24N2O5/c1-13(2)24-18(23)26-19(4,5)25-17(22)16-11-20-12-21(16)14(3)15-9-7-6-8-10-15/h6-14H,1-5H3/t14-/m1/s1. The number of hydrogen-bond acceptors (Lipinski definition) is 6. The van der Waals surface area contributed by atoms with Gasteiger partial charge in [-0.05, 0) is 26.3 Å². The Labute approximate surface area is 152 Å². The Kier molecular flexibility index (Phi) is 6.02. The molecule has 0 aliphatic carbocycles. The second kappa shape index (κ2) is 8.03. The molecule has 0 saturated carbocycles. The van der Waals surface area contributed by atoms with Gasteiger partial charge in [-0.1, -0.05) is 30.3 Å². The molecule has 0 unspecified atom stereocenters. The Bertz CT molecular complexity index is 752. The van der Waals surface area contributed by atoms with Gasteiger partial charge in [0.05, 0.1) is 24.7 Å². The van der Waals surface area contributed by atoms with Crippen LogP contribution < -0.4 is 0 Å². The summed E-state index contributed by atoms with van der Waals surface area (Å²) in [5.41, 5.74) is 1.28. The molecule has 0 aliphatic heterocycles. The number of aromatic nitrogens is 2. The van der Waals surface area contributed by atoms with Crippen molar-refractivity contribution in [2.75, 3.05) is 0 Å². The normalized spacial score (nSPS) is 12.5. The molecule has 0 fully saturated rings. The molecule has 0 bridgehead atoms. The average Bonchev–Trinajstić information content (AvgIpc) is 3.02. The van der Waals surface area contributed by atoms with Crippen molar-refractivity contribution >= 4 is 12.1 Å². The smallest absolute Gasteiger partial charge is 0.431 e. The van der Waals surface area contributed by atoms with Crippen molar-refractivity contribution in [3.63, 3.8) is 0 Å². The molecule has 140 valence electrons. The van der Waals surface area contributed by atoms with E-state index in [0.717, 1.165) is 5.56 Å². The van der Waals surface area contributed by atoms with Crippen LogP contribution in [0.2, 0.25) is 0 Å². The third kappa shape index (κ3) is 5.08. The second-order valence-corrected chi connectivity index (χ2v) is 6.58. The van der Waals surface area contributed by atoms with Crippen molar-refractivity contribution in [3.05, 3.63) is 54.1 Å². The van der Waals surface area contributed by atoms with Crippen LogP contribution in [0, 0.1) is 0 Å². The highest BCUT2D eigenvalue weighted by molar-refractivity contribution is 5.87. The van der Waals surface area contributed by atoms with Crippen LogP contribution in [0.15, 0.2) is 42.9 Å². The lowest BCUT2D eigenvalue weighted by atomic mass is 10.1. The number of carbonyl (C=O) groups excluding carboxylic acids is 2. The number of rotatable bonds is 6. The minimum absolute atomic E-state index is 0.115. The molecule has 0 radical (unpaired) electrons. The van der Waals surface area contributed by atoms with E-state index in [2.05, 4.69) is 4.98 Å². The highest BCUT2D eigenvalue weighted by atomic mass is 16.8. The highest BCUT2D eigenvalue weighted by Gasteiger charge is 2.31. The van der Waals surface area contributed by atoms with Gasteiger partial charge in [0.15, 0.2) is 0 Å². The molecule has 2 aromatic rings. The third-order valence-electron chi connectivity index (χ3n) is 3.57. The first-order chi connectivity index (χ1) is 12.2. The zero-order chi connectivity index (χ0) is 19.3. The molecule has 2 rings (SSSR count). The molecule has 1 aromatic heterocycles. The van der Waals surface area contributed by atoms with Gasteiger partial charge < -0.3 is 18.8 Å². The SMILES string of the molecule is CC(C)OC(=O)OC(C)(C)OC(=O)c1cncn1[C@H](C)c1ccccc1. The van der Waals surface area contributed by atoms with E-state index in [0.29, 0.717) is 0 Å². The van der Waals surface area contributed by atoms with Gasteiger partial charge in [0.25, 0.3) is 5.79 Å². The van der Waals surface area contributed by atoms with Gasteiger partial charge in [0.2, 0.25) is 0 Å². The monoisotopic (exact) mass is 360 g/mol. The number of imidazole rings is 1. The predicted octanol–water partition coefficient (Wildman–Crippen LogP) is 3.95. The molecule has 1 heterocycles. The Morgan fingerprint density at radius 2 is 1.73 bits per heavy atom. The van der Waals surface area contributed by atoms with Crippen molar-refractivity contribution < 1.29 is 23.8 Å². The molecule has 1 aromatic carbocycles. The molecule has 0 amide bonds. The number of hydrogen-bond donors (Lipinski definition) is 0. The van der Waals surface area contributed by atoms with Gasteiger partial charge in [-0.25, -0.2) is 14.6 Å². The molecule has 1 atom stereocenters. The van der Waals surface area contributed by atoms with Gasteiger partial charge in [-0.2, -0.15) is 0 Å². The van der Waals surface area contributed by atoms with Crippen LogP contribution in [-0.2, 0) is 14.2 Å². The highest BCUT2D eigenvalue weighted by Crippen LogP contribution is 2.22. The fourth-order valence-electron chi connectivity index (χ4n) is 2.38. The van der Waals surface area contributed by atoms with Crippen molar-refractivity contribution in [2.45, 2.75) is 52.6 Å². The molecular weight excluding hydrogens is 336 g/mol. The van der Waals surface area contributed by atoms with Crippen LogP contribution in [0.25, 0.3) is 0 Å². The molecule has 0 N–H and O–H groups in total. The van der Waals surface area contributed by atoms with Crippen molar-refractivity contribution in [2.24, 2.45) is 0 Å². The van der Waals surface area contributed by atoms with E-state index in [1.165, 1.54) is 20.0 Å². The van der Waals surface area contributed by atoms with Crippen molar-refractivity contribution in [3.8, 4) is 0 Å². The summed E-state index contributed by atoms with van der Waals surface area (Å²) < 4.78 is 17.0. The largest absolute Gasteiger partial charge is 0.511 e. The summed E-state index contributed by atoms with van der Waals surface area (Å²) >= 11 is 0. The summed E-state index contributed by atoms with van der Waals surface area (Å²) in [5, 5.41) is 0. The molecular formula is C19H24N2O5. The van der Waals surface area contributed by atoms with Gasteiger partial charge in [0, 0.05) is 13.8 Å². The zero-order valence-electron chi connectivity index (χ0n) is 15.6. The maximum atomic E-state index is 12.6. The topological polar surface area (TPSA) is 79.7 Å². The lowest BCUT2D eigenvalue weighted by Crippen LogP contribution is -2.35. The van der Waals surface area contributed by atoms with Gasteiger partial charge in [-0.15, -0.1) is 0 Å². The Balaban J connectivity index is 2.11. The molecule has 7 heteroatoms. The summed E-state index contributed by atoms with van der Waals surface area (Å²) in [6.45, 7) is 8.28. The molecule has 0 aliphatic rings. The van der Waals surface area contributed by atoms with E-state index in [-0.39, 0.29) is 17.8 Å². The number of ether oxygens (including phenoxy) is 3. The van der Waals surface area contributed by atoms with Crippen LogP contribution in [-0.4, -0.2) is 33.6 Å². The van der Waals surface area contributed by atoms with Crippen LogP contribution in [0.1, 0.15) is 56.7 Å². The van der Waals surface area contributed by atoms with Gasteiger partial charge in [-0.3, -0.25) is 0 Å². The van der Waals surface area contributed by atoms with E-state index < -0.39 is 17.9 Å². The van der Waals surface area contributed by atoms with Crippen LogP contribution in [0.3, 0.4) is 0 Å². The van der Waals surface area contributed by atoms with E-state index in [1.807, 2.05) is 37.3 Å². The lowest BCUT2D eigenvalue weighted by Gasteiger charge is -2.25. The average molecular weight is 360 g/mol. The first kappa shape index (κ1) is 19.5. The fourth-order valence-corrected chi connectivity index (χ4v) is 2.38. The third-order valence-corrected chi connectivity index (χ3v) is 3.57. The summed E-state index contributed by atoms with van der Waals surface area (Å²) in [7, 11) is 0. The minimum atomic E-state index is -1.48. The minimum Gasteiger partial charge on any atom is -0.431 e. The first-order valence-electron chi connectivity index (χ1n) is 8.39. The number of carbonyl (C=O) groups is 2. The Morgan fingerprint density at radius 3 is 2.35 bits per heavy atom. The van der Waals surface area contributed by atoms with E-state index >= 15 is 0 Å². The number of nitrogens with zero attached hydrogens (tertiary/aromatic N) is 2. The molecule has 0 saturated heterocycles. The second-order valence-electron chi connectivity index (χ2n) is 6.58. The van der Waals surface area contributed by atoms with Crippen molar-refractivity contribution in [1.29, 1.82) is 0 Å². The Morgan fingerprint density at radius 1 is 1.08 bits per heavy atom.